The number of benzene rings is 1. The van der Waals surface area contributed by atoms with E-state index < -0.39 is 47.9 Å². The molecule has 0 aromatic heterocycles. The molecule has 0 saturated heterocycles. The van der Waals surface area contributed by atoms with Gasteiger partial charge in [0.05, 0.1) is 6.61 Å². The minimum Gasteiger partial charge on any atom is -0.481 e. The van der Waals surface area contributed by atoms with E-state index in [1.165, 1.54) is 0 Å². The van der Waals surface area contributed by atoms with E-state index in [0.717, 1.165) is 12.0 Å². The fourth-order valence-electron chi connectivity index (χ4n) is 3.52. The van der Waals surface area contributed by atoms with E-state index in [4.69, 9.17) is 21.4 Å². The van der Waals surface area contributed by atoms with Crippen LogP contribution < -0.4 is 21.3 Å². The second-order valence-electron chi connectivity index (χ2n) is 9.70. The molecule has 11 nitrogen and oxygen atoms in total. The molecular weight excluding hydrogens is 560 g/mol. The van der Waals surface area contributed by atoms with Gasteiger partial charge in [-0.2, -0.15) is 12.6 Å². The number of nitrogens with one attached hydrogen (secondary N) is 4. The number of hydrogen-bond donors (Lipinski definition) is 6. The predicted octanol–water partition coefficient (Wildman–Crippen LogP) is 2.70. The maximum Gasteiger partial charge on any atom is 0.407 e. The summed E-state index contributed by atoms with van der Waals surface area (Å²) in [6, 6.07) is 4.06. The molecule has 0 aliphatic carbocycles. The Labute approximate surface area is 245 Å². The number of halogens is 1. The summed E-state index contributed by atoms with van der Waals surface area (Å²) >= 11 is 10.4. The molecule has 0 aliphatic rings. The smallest absolute Gasteiger partial charge is 0.407 e. The van der Waals surface area contributed by atoms with Crippen molar-refractivity contribution in [1.29, 1.82) is 0 Å². The molecule has 40 heavy (non-hydrogen) atoms. The number of hydrogen-bond acceptors (Lipinski definition) is 7. The Morgan fingerprint density at radius 3 is 2.15 bits per heavy atom. The number of carbonyl (C=O) groups excluding carboxylic acids is 4. The summed E-state index contributed by atoms with van der Waals surface area (Å²) in [4.78, 5) is 62.1. The van der Waals surface area contributed by atoms with Crippen molar-refractivity contribution in [3.8, 4) is 0 Å². The highest BCUT2D eigenvalue weighted by molar-refractivity contribution is 7.80. The van der Waals surface area contributed by atoms with Gasteiger partial charge in [-0.15, -0.1) is 0 Å². The molecule has 0 heterocycles. The van der Waals surface area contributed by atoms with Gasteiger partial charge < -0.3 is 31.1 Å². The van der Waals surface area contributed by atoms with Crippen LogP contribution in [0.5, 0.6) is 0 Å². The number of carbonyl (C=O) groups is 5. The highest BCUT2D eigenvalue weighted by Gasteiger charge is 2.29. The summed E-state index contributed by atoms with van der Waals surface area (Å²) in [6.45, 7) is 6.02. The van der Waals surface area contributed by atoms with Crippen LogP contribution in [-0.2, 0) is 30.3 Å². The largest absolute Gasteiger partial charge is 0.481 e. The summed E-state index contributed by atoms with van der Waals surface area (Å²) in [5.41, 5.74) is 0.873. The Hall–Kier alpha value is -2.99. The third kappa shape index (κ3) is 13.9. The normalized spacial score (nSPS) is 13.1. The molecule has 3 atom stereocenters. The monoisotopic (exact) mass is 600 g/mol. The van der Waals surface area contributed by atoms with Crippen LogP contribution in [0.25, 0.3) is 0 Å². The summed E-state index contributed by atoms with van der Waals surface area (Å²) in [6.07, 6.45) is 0.649. The van der Waals surface area contributed by atoms with E-state index >= 15 is 0 Å². The summed E-state index contributed by atoms with van der Waals surface area (Å²) in [5, 5.41) is 20.0. The lowest BCUT2D eigenvalue weighted by molar-refractivity contribution is -0.137. The molecule has 0 saturated carbocycles. The van der Waals surface area contributed by atoms with Crippen molar-refractivity contribution in [3.63, 3.8) is 0 Å². The zero-order valence-electron chi connectivity index (χ0n) is 23.2. The van der Waals surface area contributed by atoms with E-state index in [2.05, 4.69) is 33.9 Å². The van der Waals surface area contributed by atoms with Crippen LogP contribution in [0, 0.1) is 5.92 Å². The third-order valence-electron chi connectivity index (χ3n) is 5.75. The Bertz CT molecular complexity index is 995. The van der Waals surface area contributed by atoms with Gasteiger partial charge in [-0.25, -0.2) is 4.79 Å². The van der Waals surface area contributed by atoms with Gasteiger partial charge in [-0.1, -0.05) is 63.4 Å². The lowest BCUT2D eigenvalue weighted by Gasteiger charge is -2.25. The molecule has 1 aromatic rings. The van der Waals surface area contributed by atoms with Gasteiger partial charge in [-0.3, -0.25) is 19.2 Å². The topological polar surface area (TPSA) is 163 Å². The van der Waals surface area contributed by atoms with Gasteiger partial charge in [0.15, 0.2) is 0 Å². The molecule has 0 aliphatic heterocycles. The van der Waals surface area contributed by atoms with E-state index in [1.54, 1.807) is 6.07 Å². The fraction of sp³-hybridized carbons (Fsp3) is 0.593. The first-order valence-corrected chi connectivity index (χ1v) is 14.4. The van der Waals surface area contributed by atoms with Gasteiger partial charge >= 0.3 is 12.1 Å². The molecule has 0 unspecified atom stereocenters. The first-order chi connectivity index (χ1) is 19.0. The Morgan fingerprint density at radius 1 is 0.950 bits per heavy atom. The van der Waals surface area contributed by atoms with Gasteiger partial charge in [-0.05, 0) is 36.8 Å². The number of alkyl carbamates (subject to hydrolysis) is 1. The van der Waals surface area contributed by atoms with Crippen LogP contribution in [0.4, 0.5) is 4.79 Å². The molecule has 1 rings (SSSR count). The van der Waals surface area contributed by atoms with Gasteiger partial charge in [0, 0.05) is 23.7 Å². The number of amides is 4. The van der Waals surface area contributed by atoms with E-state index in [1.807, 2.05) is 39.0 Å². The maximum atomic E-state index is 13.1. The lowest BCUT2D eigenvalue weighted by atomic mass is 10.1. The number of carboxylic acid groups (broad SMARTS) is 1. The minimum atomic E-state index is -1.23. The fourth-order valence-corrected chi connectivity index (χ4v) is 4.01. The average Bonchev–Trinajstić information content (AvgIpc) is 2.91. The van der Waals surface area contributed by atoms with Crippen molar-refractivity contribution in [2.24, 2.45) is 5.92 Å². The highest BCUT2D eigenvalue weighted by atomic mass is 35.5. The quantitative estimate of drug-likeness (QED) is 0.141. The Balaban J connectivity index is 2.84. The Morgan fingerprint density at radius 2 is 1.57 bits per heavy atom. The van der Waals surface area contributed by atoms with Crippen LogP contribution in [0.1, 0.15) is 58.4 Å². The second kappa shape index (κ2) is 19.1. The van der Waals surface area contributed by atoms with Crippen LogP contribution in [0.2, 0.25) is 5.02 Å². The molecule has 224 valence electrons. The number of rotatable bonds is 18. The summed E-state index contributed by atoms with van der Waals surface area (Å²) in [7, 11) is 0. The molecule has 0 bridgehead atoms. The summed E-state index contributed by atoms with van der Waals surface area (Å²) < 4.78 is 5.05. The van der Waals surface area contributed by atoms with Crippen LogP contribution >= 0.6 is 24.2 Å². The van der Waals surface area contributed by atoms with E-state index in [-0.39, 0.29) is 37.5 Å². The number of unbranched alkanes of at least 4 members (excludes halogenated alkanes) is 1. The zero-order chi connectivity index (χ0) is 30.1. The minimum absolute atomic E-state index is 0.0165. The Kier molecular flexibility index (Phi) is 16.8. The molecule has 0 spiro atoms. The third-order valence-corrected chi connectivity index (χ3v) is 6.48. The van der Waals surface area contributed by atoms with Crippen LogP contribution in [-0.4, -0.2) is 71.9 Å². The first-order valence-electron chi connectivity index (χ1n) is 13.4. The summed E-state index contributed by atoms with van der Waals surface area (Å²) in [5.74, 6) is -2.83. The molecule has 0 fully saturated rings. The van der Waals surface area contributed by atoms with Gasteiger partial charge in [0.25, 0.3) is 0 Å². The number of carboxylic acids is 1. The van der Waals surface area contributed by atoms with Crippen molar-refractivity contribution in [2.45, 2.75) is 77.4 Å². The average molecular weight is 601 g/mol. The van der Waals surface area contributed by atoms with Crippen LogP contribution in [0.15, 0.2) is 24.3 Å². The van der Waals surface area contributed by atoms with Crippen molar-refractivity contribution < 1.29 is 33.8 Å². The SMILES string of the molecule is CCCC[C@H](NC(=O)[C@H](CCC(=O)O)NC(=O)OCC(C)C)C(=O)N[C@@H](CS)C(=O)NCCc1ccccc1Cl. The number of thiol groups is 1. The van der Waals surface area contributed by atoms with E-state index in [0.29, 0.717) is 24.4 Å². The standard InChI is InChI=1S/C27H41ClN4O7S/c1-4-5-10-20(30-26(37)21(11-12-23(33)34)32-27(38)39-15-17(2)3)25(36)31-22(16-40)24(35)29-14-13-18-8-6-7-9-19(18)28/h6-9,17,20-22,40H,4-5,10-16H2,1-3H3,(H,29,35)(H,30,37)(H,31,36)(H,32,38)(H,33,34)/t20-,21-,22-/m0/s1. The predicted molar refractivity (Wildman–Crippen MR) is 155 cm³/mol. The van der Waals surface area contributed by atoms with Crippen molar-refractivity contribution >= 4 is 54.0 Å². The van der Waals surface area contributed by atoms with E-state index in [9.17, 15) is 24.0 Å². The van der Waals surface area contributed by atoms with Crippen molar-refractivity contribution in [3.05, 3.63) is 34.9 Å². The lowest BCUT2D eigenvalue weighted by Crippen LogP contribution is -2.57. The molecule has 5 N–H and O–H groups in total. The molecule has 1 aromatic carbocycles. The van der Waals surface area contributed by atoms with Gasteiger partial charge in [0.2, 0.25) is 17.7 Å². The molecule has 0 radical (unpaired) electrons. The zero-order valence-corrected chi connectivity index (χ0v) is 24.9. The van der Waals surface area contributed by atoms with Crippen molar-refractivity contribution in [1.82, 2.24) is 21.3 Å². The van der Waals surface area contributed by atoms with Gasteiger partial charge in [0.1, 0.15) is 18.1 Å². The second-order valence-corrected chi connectivity index (χ2v) is 10.5. The first kappa shape index (κ1) is 35.0. The number of ether oxygens (including phenoxy) is 1. The maximum absolute atomic E-state index is 13.1. The molecular formula is C27H41ClN4O7S. The highest BCUT2D eigenvalue weighted by Crippen LogP contribution is 2.14. The van der Waals surface area contributed by atoms with Crippen LogP contribution in [0.3, 0.4) is 0 Å². The van der Waals surface area contributed by atoms with Crippen molar-refractivity contribution in [2.75, 3.05) is 18.9 Å². The molecule has 4 amide bonds. The molecule has 13 heteroatoms. The number of aliphatic carboxylic acids is 1.